The van der Waals surface area contributed by atoms with Crippen molar-refractivity contribution in [3.8, 4) is 5.75 Å². The van der Waals surface area contributed by atoms with Crippen LogP contribution in [-0.4, -0.2) is 4.92 Å². The van der Waals surface area contributed by atoms with E-state index in [9.17, 15) is 10.1 Å². The van der Waals surface area contributed by atoms with E-state index in [0.717, 1.165) is 8.52 Å². The number of nitrogens with zero attached hydrogens (tertiary/aromatic N) is 3. The molecular weight excluding hydrogens is 269 g/mol. The number of nitro benzene ring substituents is 1. The third-order valence-electron chi connectivity index (χ3n) is 1.58. The molecule has 2 rings (SSSR count). The Morgan fingerprint density at radius 3 is 2.75 bits per heavy atom. The first-order chi connectivity index (χ1) is 7.75. The van der Waals surface area contributed by atoms with E-state index in [1.54, 1.807) is 12.1 Å². The summed E-state index contributed by atoms with van der Waals surface area (Å²) in [5.41, 5.74) is 0.0416. The standard InChI is InChI=1S/C6H5N4O3P3/c11-10(12)5-1-3-6(4-2-5)13-16-8-14-7-15-9-16/h1-4H,(H,7,8,9). The Kier molecular flexibility index (Phi) is 3.86. The molecule has 0 fully saturated rings. The maximum atomic E-state index is 10.4. The highest BCUT2D eigenvalue weighted by Crippen LogP contribution is 2.44. The normalized spacial score (nSPS) is 20.4. The minimum absolute atomic E-state index is 0.0416. The summed E-state index contributed by atoms with van der Waals surface area (Å²) in [5.74, 6) is 0.556. The molecule has 1 N–H and O–H groups in total. The van der Waals surface area contributed by atoms with Crippen molar-refractivity contribution in [1.82, 2.24) is 4.86 Å². The van der Waals surface area contributed by atoms with E-state index >= 15 is 0 Å². The van der Waals surface area contributed by atoms with Crippen molar-refractivity contribution >= 4 is 31.2 Å². The minimum atomic E-state index is -1.09. The third kappa shape index (κ3) is 3.00. The summed E-state index contributed by atoms with van der Waals surface area (Å²) in [4.78, 5) is 12.9. The Balaban J connectivity index is 2.02. The van der Waals surface area contributed by atoms with Crippen molar-refractivity contribution in [1.29, 1.82) is 0 Å². The topological polar surface area (TPSA) is 89.1 Å². The highest BCUT2D eigenvalue weighted by atomic mass is 31.2. The first kappa shape index (κ1) is 11.5. The summed E-state index contributed by atoms with van der Waals surface area (Å²) >= 11 is 0. The Morgan fingerprint density at radius 1 is 1.44 bits per heavy atom. The molecule has 0 bridgehead atoms. The maximum absolute atomic E-state index is 10.4. The van der Waals surface area contributed by atoms with Crippen molar-refractivity contribution in [3.63, 3.8) is 0 Å². The van der Waals surface area contributed by atoms with Crippen LogP contribution in [0.2, 0.25) is 0 Å². The lowest BCUT2D eigenvalue weighted by Gasteiger charge is -2.11. The molecule has 82 valence electrons. The second kappa shape index (κ2) is 5.37. The van der Waals surface area contributed by atoms with Gasteiger partial charge in [-0.25, -0.2) is 0 Å². The Labute approximate surface area is 95.2 Å². The monoisotopic (exact) mass is 274 g/mol. The molecule has 0 saturated carbocycles. The lowest BCUT2D eigenvalue weighted by Crippen LogP contribution is -1.96. The van der Waals surface area contributed by atoms with Gasteiger partial charge in [0.15, 0.2) is 8.52 Å². The SMILES string of the molecule is O=[N+]([O-])c1ccc(OP2N=PN=PN2)cc1. The molecule has 10 heteroatoms. The van der Waals surface area contributed by atoms with Gasteiger partial charge in [0.25, 0.3) is 5.69 Å². The zero-order valence-corrected chi connectivity index (χ0v) is 10.4. The zero-order valence-electron chi connectivity index (χ0n) is 7.72. The van der Waals surface area contributed by atoms with Crippen LogP contribution in [0.15, 0.2) is 33.3 Å². The molecule has 0 aromatic heterocycles. The fourth-order valence-electron chi connectivity index (χ4n) is 0.920. The average Bonchev–Trinajstić information content (AvgIpc) is 2.31. The van der Waals surface area contributed by atoms with E-state index < -0.39 is 13.4 Å². The van der Waals surface area contributed by atoms with Gasteiger partial charge in [0.2, 0.25) is 0 Å². The second-order valence-corrected chi connectivity index (χ2v) is 5.92. The molecule has 0 aliphatic carbocycles. The molecule has 7 nitrogen and oxygen atoms in total. The van der Waals surface area contributed by atoms with Gasteiger partial charge in [-0.2, -0.15) is 13.9 Å². The van der Waals surface area contributed by atoms with Crippen molar-refractivity contribution in [2.24, 2.45) is 9.03 Å². The van der Waals surface area contributed by atoms with Crippen LogP contribution in [0.25, 0.3) is 0 Å². The first-order valence-corrected chi connectivity index (χ1v) is 6.90. The summed E-state index contributed by atoms with van der Waals surface area (Å²) in [7, 11) is 0.307. The van der Waals surface area contributed by atoms with E-state index in [4.69, 9.17) is 4.52 Å². The Morgan fingerprint density at radius 2 is 2.19 bits per heavy atom. The van der Waals surface area contributed by atoms with Gasteiger partial charge < -0.3 is 4.52 Å². The third-order valence-corrected chi connectivity index (χ3v) is 4.65. The van der Waals surface area contributed by atoms with E-state index in [2.05, 4.69) is 13.9 Å². The summed E-state index contributed by atoms with van der Waals surface area (Å²) in [6, 6.07) is 5.90. The summed E-state index contributed by atoms with van der Waals surface area (Å²) in [5, 5.41) is 10.4. The molecule has 1 aliphatic heterocycles. The van der Waals surface area contributed by atoms with Crippen molar-refractivity contribution in [3.05, 3.63) is 34.4 Å². The molecule has 0 radical (unpaired) electrons. The van der Waals surface area contributed by atoms with E-state index in [0.29, 0.717) is 14.3 Å². The molecular formula is C6H5N4O3P3. The smallest absolute Gasteiger partial charge is 0.311 e. The molecule has 0 saturated heterocycles. The molecule has 1 aromatic rings. The molecule has 1 unspecified atom stereocenters. The number of hydrogen-bond acceptors (Lipinski definition) is 6. The summed E-state index contributed by atoms with van der Waals surface area (Å²) in [6.45, 7) is 0. The van der Waals surface area contributed by atoms with Gasteiger partial charge in [0.1, 0.15) is 14.3 Å². The second-order valence-electron chi connectivity index (χ2n) is 2.58. The zero-order chi connectivity index (χ0) is 11.4. The van der Waals surface area contributed by atoms with E-state index in [-0.39, 0.29) is 5.69 Å². The minimum Gasteiger partial charge on any atom is -0.439 e. The highest BCUT2D eigenvalue weighted by molar-refractivity contribution is 7.64. The number of non-ortho nitro benzene ring substituents is 1. The molecule has 0 spiro atoms. The summed E-state index contributed by atoms with van der Waals surface area (Å²) in [6.07, 6.45) is 0. The quantitative estimate of drug-likeness (QED) is 0.514. The lowest BCUT2D eigenvalue weighted by molar-refractivity contribution is -0.384. The molecule has 1 atom stereocenters. The van der Waals surface area contributed by atoms with Crippen LogP contribution in [0.1, 0.15) is 0 Å². The van der Waals surface area contributed by atoms with Crippen LogP contribution in [0, 0.1) is 10.1 Å². The van der Waals surface area contributed by atoms with Gasteiger partial charge in [-0.05, 0) is 12.1 Å². The van der Waals surface area contributed by atoms with Gasteiger partial charge >= 0.3 is 8.45 Å². The van der Waals surface area contributed by atoms with Gasteiger partial charge in [0.05, 0.1) is 4.92 Å². The van der Waals surface area contributed by atoms with Crippen LogP contribution in [0.4, 0.5) is 5.69 Å². The van der Waals surface area contributed by atoms with E-state index in [1.165, 1.54) is 12.1 Å². The fourth-order valence-corrected chi connectivity index (χ4v) is 3.81. The van der Waals surface area contributed by atoms with Crippen LogP contribution in [0.5, 0.6) is 5.75 Å². The number of nitro groups is 1. The Bertz CT molecular complexity index is 449. The fraction of sp³-hybridized carbons (Fsp3) is 0. The van der Waals surface area contributed by atoms with Gasteiger partial charge in [0, 0.05) is 12.1 Å². The van der Waals surface area contributed by atoms with Crippen LogP contribution >= 0.6 is 25.5 Å². The predicted octanol–water partition coefficient (Wildman–Crippen LogP) is 3.89. The molecule has 1 heterocycles. The highest BCUT2D eigenvalue weighted by Gasteiger charge is 2.12. The van der Waals surface area contributed by atoms with Gasteiger partial charge in [-0.15, -0.1) is 0 Å². The number of hydrogen-bond donors (Lipinski definition) is 1. The lowest BCUT2D eigenvalue weighted by atomic mass is 10.3. The number of benzene rings is 1. The molecule has 1 aliphatic rings. The van der Waals surface area contributed by atoms with Crippen LogP contribution in [0.3, 0.4) is 0 Å². The van der Waals surface area contributed by atoms with E-state index in [1.807, 2.05) is 0 Å². The molecule has 1 aromatic carbocycles. The molecule has 0 amide bonds. The van der Waals surface area contributed by atoms with Crippen molar-refractivity contribution in [2.75, 3.05) is 0 Å². The largest absolute Gasteiger partial charge is 0.439 e. The van der Waals surface area contributed by atoms with Gasteiger partial charge in [-0.3, -0.25) is 10.1 Å². The van der Waals surface area contributed by atoms with Crippen LogP contribution in [-0.2, 0) is 0 Å². The first-order valence-electron chi connectivity index (χ1n) is 4.04. The van der Waals surface area contributed by atoms with Crippen LogP contribution < -0.4 is 9.38 Å². The number of nitrogens with one attached hydrogen (secondary N) is 1. The van der Waals surface area contributed by atoms with Gasteiger partial charge in [-0.1, -0.05) is 0 Å². The summed E-state index contributed by atoms with van der Waals surface area (Å²) < 4.78 is 13.5. The van der Waals surface area contributed by atoms with Crippen molar-refractivity contribution in [2.45, 2.75) is 0 Å². The average molecular weight is 274 g/mol. The maximum Gasteiger partial charge on any atom is 0.311 e. The predicted molar refractivity (Wildman–Crippen MR) is 62.5 cm³/mol. The number of rotatable bonds is 3. The Hall–Kier alpha value is -0.990. The molecule has 16 heavy (non-hydrogen) atoms. The van der Waals surface area contributed by atoms with Crippen molar-refractivity contribution < 1.29 is 9.45 Å².